The molecule has 1 amide bonds. The van der Waals surface area contributed by atoms with Crippen LogP contribution in [0.2, 0.25) is 0 Å². The summed E-state index contributed by atoms with van der Waals surface area (Å²) in [6, 6.07) is 11.2. The minimum Gasteiger partial charge on any atom is -0.450 e. The highest BCUT2D eigenvalue weighted by Gasteiger charge is 2.35. The molecule has 6 nitrogen and oxygen atoms in total. The minimum absolute atomic E-state index is 0.200. The molecule has 1 aliphatic carbocycles. The van der Waals surface area contributed by atoms with Crippen molar-refractivity contribution < 1.29 is 9.53 Å². The van der Waals surface area contributed by atoms with Gasteiger partial charge in [0.1, 0.15) is 0 Å². The monoisotopic (exact) mass is 386 g/mol. The quantitative estimate of drug-likeness (QED) is 0.602. The zero-order valence-corrected chi connectivity index (χ0v) is 17.2. The number of rotatable bonds is 5. The molecule has 0 radical (unpaired) electrons. The SMILES string of the molecule is CCOC(=O)N1CCC(NC(=NC)NCC2(c3ccccc3)CCCC2)CC1. The molecule has 0 bridgehead atoms. The first-order valence-corrected chi connectivity index (χ1v) is 10.6. The molecule has 2 aliphatic rings. The first-order chi connectivity index (χ1) is 13.7. The number of piperidine rings is 1. The zero-order valence-electron chi connectivity index (χ0n) is 17.2. The van der Waals surface area contributed by atoms with Gasteiger partial charge in [-0.25, -0.2) is 4.79 Å². The number of carbonyl (C=O) groups is 1. The molecule has 1 aromatic carbocycles. The van der Waals surface area contributed by atoms with Crippen LogP contribution in [-0.4, -0.2) is 56.3 Å². The van der Waals surface area contributed by atoms with Crippen molar-refractivity contribution in [3.63, 3.8) is 0 Å². The van der Waals surface area contributed by atoms with E-state index in [1.165, 1.54) is 31.2 Å². The summed E-state index contributed by atoms with van der Waals surface area (Å²) < 4.78 is 5.10. The topological polar surface area (TPSA) is 66.0 Å². The van der Waals surface area contributed by atoms with Gasteiger partial charge >= 0.3 is 6.09 Å². The first-order valence-electron chi connectivity index (χ1n) is 10.6. The van der Waals surface area contributed by atoms with Gasteiger partial charge in [0.2, 0.25) is 0 Å². The Morgan fingerprint density at radius 3 is 2.50 bits per heavy atom. The van der Waals surface area contributed by atoms with E-state index >= 15 is 0 Å². The fraction of sp³-hybridized carbons (Fsp3) is 0.636. The van der Waals surface area contributed by atoms with Gasteiger partial charge in [-0.15, -0.1) is 0 Å². The van der Waals surface area contributed by atoms with Gasteiger partial charge in [-0.05, 0) is 38.2 Å². The standard InChI is InChI=1S/C22H34N4O2/c1-3-28-21(27)26-15-11-19(12-16-26)25-20(23-2)24-17-22(13-7-8-14-22)18-9-5-4-6-10-18/h4-6,9-10,19H,3,7-8,11-17H2,1-2H3,(H2,23,24,25). The lowest BCUT2D eigenvalue weighted by Crippen LogP contribution is -2.51. The van der Waals surface area contributed by atoms with Crippen LogP contribution >= 0.6 is 0 Å². The van der Waals surface area contributed by atoms with Crippen molar-refractivity contribution in [3.05, 3.63) is 35.9 Å². The average molecular weight is 387 g/mol. The lowest BCUT2D eigenvalue weighted by Gasteiger charge is -2.34. The van der Waals surface area contributed by atoms with E-state index in [1.807, 2.05) is 14.0 Å². The highest BCUT2D eigenvalue weighted by atomic mass is 16.6. The third-order valence-corrected chi connectivity index (χ3v) is 6.13. The maximum absolute atomic E-state index is 11.8. The van der Waals surface area contributed by atoms with Gasteiger partial charge in [-0.2, -0.15) is 0 Å². The molecule has 1 saturated carbocycles. The van der Waals surface area contributed by atoms with Crippen LogP contribution < -0.4 is 10.6 Å². The second-order valence-electron chi connectivity index (χ2n) is 7.88. The minimum atomic E-state index is -0.200. The van der Waals surface area contributed by atoms with Gasteiger partial charge in [0.05, 0.1) is 6.61 Å². The van der Waals surface area contributed by atoms with Gasteiger partial charge in [-0.3, -0.25) is 4.99 Å². The summed E-state index contributed by atoms with van der Waals surface area (Å²) in [5, 5.41) is 7.14. The number of guanidine groups is 1. The van der Waals surface area contributed by atoms with E-state index in [1.54, 1.807) is 4.90 Å². The average Bonchev–Trinajstić information content (AvgIpc) is 3.22. The lowest BCUT2D eigenvalue weighted by atomic mass is 9.79. The summed E-state index contributed by atoms with van der Waals surface area (Å²) in [7, 11) is 1.83. The van der Waals surface area contributed by atoms with Crippen LogP contribution in [0.4, 0.5) is 4.79 Å². The van der Waals surface area contributed by atoms with Crippen molar-refractivity contribution in [2.75, 3.05) is 33.3 Å². The molecule has 2 fully saturated rings. The van der Waals surface area contributed by atoms with Crippen molar-refractivity contribution in [1.29, 1.82) is 0 Å². The van der Waals surface area contributed by atoms with Gasteiger partial charge < -0.3 is 20.3 Å². The Morgan fingerprint density at radius 2 is 1.89 bits per heavy atom. The third kappa shape index (κ3) is 4.97. The van der Waals surface area contributed by atoms with Crippen LogP contribution in [0.25, 0.3) is 0 Å². The summed E-state index contributed by atoms with van der Waals surface area (Å²) >= 11 is 0. The molecule has 1 aromatic rings. The number of amides is 1. The van der Waals surface area contributed by atoms with Crippen LogP contribution in [0.1, 0.15) is 51.0 Å². The summed E-state index contributed by atoms with van der Waals surface area (Å²) in [5.74, 6) is 0.858. The molecule has 154 valence electrons. The second kappa shape index (κ2) is 9.80. The van der Waals surface area contributed by atoms with Crippen molar-refractivity contribution in [1.82, 2.24) is 15.5 Å². The molecule has 1 saturated heterocycles. The van der Waals surface area contributed by atoms with Crippen molar-refractivity contribution in [3.8, 4) is 0 Å². The number of carbonyl (C=O) groups excluding carboxylic acids is 1. The number of ether oxygens (including phenoxy) is 1. The molecular weight excluding hydrogens is 352 g/mol. The Hall–Kier alpha value is -2.24. The van der Waals surface area contributed by atoms with Crippen LogP contribution in [0.15, 0.2) is 35.3 Å². The summed E-state index contributed by atoms with van der Waals surface area (Å²) in [5.41, 5.74) is 1.63. The second-order valence-corrected chi connectivity index (χ2v) is 7.88. The molecule has 0 spiro atoms. The van der Waals surface area contributed by atoms with Gasteiger partial charge in [0.15, 0.2) is 5.96 Å². The molecule has 0 unspecified atom stereocenters. The van der Waals surface area contributed by atoms with Crippen LogP contribution in [0.5, 0.6) is 0 Å². The molecule has 1 heterocycles. The number of hydrogen-bond acceptors (Lipinski definition) is 3. The summed E-state index contributed by atoms with van der Waals surface area (Å²) in [6.45, 7) is 4.62. The number of hydrogen-bond donors (Lipinski definition) is 2. The van der Waals surface area contributed by atoms with Crippen molar-refractivity contribution >= 4 is 12.1 Å². The fourth-order valence-electron chi connectivity index (χ4n) is 4.47. The largest absolute Gasteiger partial charge is 0.450 e. The maximum atomic E-state index is 11.8. The smallest absolute Gasteiger partial charge is 0.409 e. The lowest BCUT2D eigenvalue weighted by molar-refractivity contribution is 0.0963. The van der Waals surface area contributed by atoms with Crippen molar-refractivity contribution in [2.45, 2.75) is 56.9 Å². The Labute approximate surface area is 168 Å². The third-order valence-electron chi connectivity index (χ3n) is 6.13. The normalized spacial score (nSPS) is 20.1. The molecule has 28 heavy (non-hydrogen) atoms. The van der Waals surface area contributed by atoms with E-state index in [2.05, 4.69) is 46.0 Å². The molecular formula is C22H34N4O2. The molecule has 6 heteroatoms. The van der Waals surface area contributed by atoms with E-state index < -0.39 is 0 Å². The Kier molecular flexibility index (Phi) is 7.18. The van der Waals surface area contributed by atoms with Gasteiger partial charge in [0, 0.05) is 38.1 Å². The van der Waals surface area contributed by atoms with Gasteiger partial charge in [0.25, 0.3) is 0 Å². The van der Waals surface area contributed by atoms with Crippen molar-refractivity contribution in [2.24, 2.45) is 4.99 Å². The predicted molar refractivity (Wildman–Crippen MR) is 113 cm³/mol. The van der Waals surface area contributed by atoms with Crippen LogP contribution in [0.3, 0.4) is 0 Å². The Bertz CT molecular complexity index is 648. The summed E-state index contributed by atoms with van der Waals surface area (Å²) in [6.07, 6.45) is 6.63. The van der Waals surface area contributed by atoms with E-state index in [9.17, 15) is 4.79 Å². The first kappa shape index (κ1) is 20.5. The van der Waals surface area contributed by atoms with Gasteiger partial charge in [-0.1, -0.05) is 43.2 Å². The molecule has 1 aliphatic heterocycles. The molecule has 0 aromatic heterocycles. The highest BCUT2D eigenvalue weighted by molar-refractivity contribution is 5.80. The Balaban J connectivity index is 1.52. The van der Waals surface area contributed by atoms with Crippen LogP contribution in [0, 0.1) is 0 Å². The number of nitrogens with one attached hydrogen (secondary N) is 2. The number of likely N-dealkylation sites (tertiary alicyclic amines) is 1. The molecule has 3 rings (SSSR count). The van der Waals surface area contributed by atoms with E-state index in [-0.39, 0.29) is 11.5 Å². The molecule has 2 N–H and O–H groups in total. The maximum Gasteiger partial charge on any atom is 0.409 e. The predicted octanol–water partition coefficient (Wildman–Crippen LogP) is 3.28. The number of aliphatic imine (C=N–C) groups is 1. The number of nitrogens with zero attached hydrogens (tertiary/aromatic N) is 2. The Morgan fingerprint density at radius 1 is 1.21 bits per heavy atom. The number of benzene rings is 1. The van der Waals surface area contributed by atoms with E-state index in [0.29, 0.717) is 12.6 Å². The summed E-state index contributed by atoms with van der Waals surface area (Å²) in [4.78, 5) is 18.1. The van der Waals surface area contributed by atoms with E-state index in [0.717, 1.165) is 38.4 Å². The van der Waals surface area contributed by atoms with E-state index in [4.69, 9.17) is 4.74 Å². The highest BCUT2D eigenvalue weighted by Crippen LogP contribution is 2.40. The fourth-order valence-corrected chi connectivity index (χ4v) is 4.47. The van der Waals surface area contributed by atoms with Crippen LogP contribution in [-0.2, 0) is 10.2 Å². The zero-order chi connectivity index (χ0) is 19.8. The molecule has 0 atom stereocenters.